The van der Waals surface area contributed by atoms with Crippen LogP contribution in [0.5, 0.6) is 0 Å². The Labute approximate surface area is 139 Å². The van der Waals surface area contributed by atoms with Crippen molar-refractivity contribution in [1.29, 1.82) is 0 Å². The zero-order valence-corrected chi connectivity index (χ0v) is 13.8. The predicted octanol–water partition coefficient (Wildman–Crippen LogP) is 1.28. The summed E-state index contributed by atoms with van der Waals surface area (Å²) in [6, 6.07) is 7.13. The molecule has 0 saturated carbocycles. The Morgan fingerprint density at radius 3 is 2.77 bits per heavy atom. The van der Waals surface area contributed by atoms with Crippen LogP contribution in [0.3, 0.4) is 0 Å². The molecule has 1 heterocycles. The van der Waals surface area contributed by atoms with Crippen LogP contribution in [-0.2, 0) is 4.79 Å². The van der Waals surface area contributed by atoms with Crippen LogP contribution in [0.15, 0.2) is 24.3 Å². The third kappa shape index (κ3) is 5.51. The molecule has 2 rings (SSSR count). The van der Waals surface area contributed by atoms with Crippen LogP contribution >= 0.6 is 23.4 Å². The average Bonchev–Trinajstić information content (AvgIpc) is 2.53. The molecule has 1 saturated heterocycles. The molecule has 0 aromatic heterocycles. The molecule has 1 fully saturated rings. The SMILES string of the molecule is O=C(CC1CSCCN1)NCCNC(=O)c1ccccc1Cl. The smallest absolute Gasteiger partial charge is 0.252 e. The highest BCUT2D eigenvalue weighted by Crippen LogP contribution is 2.14. The van der Waals surface area contributed by atoms with E-state index in [1.165, 1.54) is 0 Å². The molecule has 0 spiro atoms. The van der Waals surface area contributed by atoms with Crippen molar-refractivity contribution in [3.05, 3.63) is 34.9 Å². The number of carbonyl (C=O) groups is 2. The molecule has 2 amide bonds. The van der Waals surface area contributed by atoms with Crippen molar-refractivity contribution in [2.45, 2.75) is 12.5 Å². The van der Waals surface area contributed by atoms with Crippen molar-refractivity contribution in [3.63, 3.8) is 0 Å². The third-order valence-electron chi connectivity index (χ3n) is 3.28. The van der Waals surface area contributed by atoms with Gasteiger partial charge in [0.2, 0.25) is 5.91 Å². The largest absolute Gasteiger partial charge is 0.354 e. The molecule has 0 radical (unpaired) electrons. The van der Waals surface area contributed by atoms with Crippen molar-refractivity contribution in [2.75, 3.05) is 31.1 Å². The van der Waals surface area contributed by atoms with Crippen LogP contribution < -0.4 is 16.0 Å². The lowest BCUT2D eigenvalue weighted by molar-refractivity contribution is -0.121. The van der Waals surface area contributed by atoms with Gasteiger partial charge in [0.15, 0.2) is 0 Å². The number of rotatable bonds is 6. The summed E-state index contributed by atoms with van der Waals surface area (Å²) in [5.74, 6) is 1.85. The minimum atomic E-state index is -0.231. The maximum absolute atomic E-state index is 11.9. The van der Waals surface area contributed by atoms with Crippen molar-refractivity contribution in [3.8, 4) is 0 Å². The predicted molar refractivity (Wildman–Crippen MR) is 90.5 cm³/mol. The lowest BCUT2D eigenvalue weighted by atomic mass is 10.2. The highest BCUT2D eigenvalue weighted by atomic mass is 35.5. The first-order valence-corrected chi connectivity index (χ1v) is 8.80. The van der Waals surface area contributed by atoms with E-state index in [9.17, 15) is 9.59 Å². The Kier molecular flexibility index (Phi) is 7.02. The monoisotopic (exact) mass is 341 g/mol. The molecular weight excluding hydrogens is 322 g/mol. The van der Waals surface area contributed by atoms with Crippen LogP contribution in [0.25, 0.3) is 0 Å². The highest BCUT2D eigenvalue weighted by Gasteiger charge is 2.16. The normalized spacial score (nSPS) is 17.8. The van der Waals surface area contributed by atoms with Crippen LogP contribution in [0.1, 0.15) is 16.8 Å². The summed E-state index contributed by atoms with van der Waals surface area (Å²) in [6.07, 6.45) is 0.478. The maximum Gasteiger partial charge on any atom is 0.252 e. The van der Waals surface area contributed by atoms with E-state index in [0.29, 0.717) is 30.1 Å². The Hall–Kier alpha value is -1.24. The van der Waals surface area contributed by atoms with Crippen LogP contribution in [0, 0.1) is 0 Å². The summed E-state index contributed by atoms with van der Waals surface area (Å²) in [5.41, 5.74) is 0.443. The first-order valence-electron chi connectivity index (χ1n) is 7.27. The molecule has 0 bridgehead atoms. The summed E-state index contributed by atoms with van der Waals surface area (Å²) in [5, 5.41) is 9.30. The Bertz CT molecular complexity index is 521. The van der Waals surface area contributed by atoms with E-state index >= 15 is 0 Å². The lowest BCUT2D eigenvalue weighted by Crippen LogP contribution is -2.42. The third-order valence-corrected chi connectivity index (χ3v) is 4.74. The summed E-state index contributed by atoms with van der Waals surface area (Å²) in [6.45, 7) is 1.74. The zero-order valence-electron chi connectivity index (χ0n) is 12.2. The van der Waals surface area contributed by atoms with Gasteiger partial charge in [0.25, 0.3) is 5.91 Å². The van der Waals surface area contributed by atoms with Gasteiger partial charge in [-0.1, -0.05) is 23.7 Å². The number of thioether (sulfide) groups is 1. The lowest BCUT2D eigenvalue weighted by Gasteiger charge is -2.22. The van der Waals surface area contributed by atoms with E-state index in [1.54, 1.807) is 24.3 Å². The van der Waals surface area contributed by atoms with Gasteiger partial charge in [-0.15, -0.1) is 0 Å². The van der Waals surface area contributed by atoms with Gasteiger partial charge in [-0.05, 0) is 12.1 Å². The van der Waals surface area contributed by atoms with E-state index in [-0.39, 0.29) is 17.9 Å². The van der Waals surface area contributed by atoms with Gasteiger partial charge >= 0.3 is 0 Å². The van der Waals surface area contributed by atoms with Crippen LogP contribution in [0.2, 0.25) is 5.02 Å². The Morgan fingerprint density at radius 2 is 2.05 bits per heavy atom. The molecule has 1 aliphatic heterocycles. The number of halogens is 1. The topological polar surface area (TPSA) is 70.2 Å². The number of hydrogen-bond donors (Lipinski definition) is 3. The molecule has 1 aromatic carbocycles. The van der Waals surface area contributed by atoms with Gasteiger partial charge in [0, 0.05) is 43.6 Å². The minimum absolute atomic E-state index is 0.00647. The second kappa shape index (κ2) is 9.02. The number of nitrogens with one attached hydrogen (secondary N) is 3. The molecule has 1 aliphatic rings. The van der Waals surface area contributed by atoms with E-state index in [0.717, 1.165) is 18.1 Å². The van der Waals surface area contributed by atoms with Gasteiger partial charge in [0.05, 0.1) is 10.6 Å². The van der Waals surface area contributed by atoms with E-state index in [1.807, 2.05) is 11.8 Å². The van der Waals surface area contributed by atoms with E-state index < -0.39 is 0 Å². The van der Waals surface area contributed by atoms with Gasteiger partial charge in [-0.3, -0.25) is 9.59 Å². The fourth-order valence-electron chi connectivity index (χ4n) is 2.17. The first kappa shape index (κ1) is 17.1. The summed E-state index contributed by atoms with van der Waals surface area (Å²) >= 11 is 7.82. The van der Waals surface area contributed by atoms with Crippen molar-refractivity contribution in [2.24, 2.45) is 0 Å². The minimum Gasteiger partial charge on any atom is -0.354 e. The summed E-state index contributed by atoms with van der Waals surface area (Å²) < 4.78 is 0. The first-order chi connectivity index (χ1) is 10.7. The van der Waals surface area contributed by atoms with Crippen LogP contribution in [0.4, 0.5) is 0 Å². The fraction of sp³-hybridized carbons (Fsp3) is 0.467. The molecule has 1 atom stereocenters. The molecule has 5 nitrogen and oxygen atoms in total. The number of carbonyl (C=O) groups excluding carboxylic acids is 2. The number of hydrogen-bond acceptors (Lipinski definition) is 4. The molecular formula is C15H20ClN3O2S. The molecule has 22 heavy (non-hydrogen) atoms. The average molecular weight is 342 g/mol. The molecule has 120 valence electrons. The van der Waals surface area contributed by atoms with E-state index in [4.69, 9.17) is 11.6 Å². The standard InChI is InChI=1S/C15H20ClN3O2S/c16-13-4-2-1-3-12(13)15(21)19-6-5-18-14(20)9-11-10-22-8-7-17-11/h1-4,11,17H,5-10H2,(H,18,20)(H,19,21). The quantitative estimate of drug-likeness (QED) is 0.682. The van der Waals surface area contributed by atoms with Gasteiger partial charge < -0.3 is 16.0 Å². The second-order valence-corrected chi connectivity index (χ2v) is 6.57. The van der Waals surface area contributed by atoms with Gasteiger partial charge in [0.1, 0.15) is 0 Å². The van der Waals surface area contributed by atoms with Crippen LogP contribution in [-0.4, -0.2) is 49.0 Å². The number of benzene rings is 1. The highest BCUT2D eigenvalue weighted by molar-refractivity contribution is 7.99. The Morgan fingerprint density at radius 1 is 1.27 bits per heavy atom. The van der Waals surface area contributed by atoms with Gasteiger partial charge in [-0.2, -0.15) is 11.8 Å². The van der Waals surface area contributed by atoms with Gasteiger partial charge in [-0.25, -0.2) is 0 Å². The summed E-state index contributed by atoms with van der Waals surface area (Å²) in [4.78, 5) is 23.7. The summed E-state index contributed by atoms with van der Waals surface area (Å²) in [7, 11) is 0. The molecule has 0 aliphatic carbocycles. The van der Waals surface area contributed by atoms with Crippen molar-refractivity contribution in [1.82, 2.24) is 16.0 Å². The molecule has 3 N–H and O–H groups in total. The zero-order chi connectivity index (χ0) is 15.8. The number of amides is 2. The molecule has 1 aromatic rings. The molecule has 1 unspecified atom stereocenters. The van der Waals surface area contributed by atoms with Crippen molar-refractivity contribution < 1.29 is 9.59 Å². The second-order valence-electron chi connectivity index (χ2n) is 5.02. The van der Waals surface area contributed by atoms with Crippen molar-refractivity contribution >= 4 is 35.2 Å². The Balaban J connectivity index is 1.63. The molecule has 7 heteroatoms. The fourth-order valence-corrected chi connectivity index (χ4v) is 3.34. The van der Waals surface area contributed by atoms with E-state index in [2.05, 4.69) is 16.0 Å². The maximum atomic E-state index is 11.9.